The molecule has 0 aliphatic carbocycles. The maximum atomic E-state index is 12.1. The van der Waals surface area contributed by atoms with E-state index < -0.39 is 44.6 Å². The maximum absolute atomic E-state index is 12.1. The molecule has 1 aromatic rings. The molecule has 20 heavy (non-hydrogen) atoms. The van der Waals surface area contributed by atoms with Crippen molar-refractivity contribution in [1.29, 1.82) is 0 Å². The van der Waals surface area contributed by atoms with Crippen LogP contribution in [0.5, 0.6) is 0 Å². The van der Waals surface area contributed by atoms with Crippen LogP contribution >= 0.6 is 11.6 Å². The second-order valence-electron chi connectivity index (χ2n) is 3.63. The summed E-state index contributed by atoms with van der Waals surface area (Å²) in [5, 5.41) is 19.1. The lowest BCUT2D eigenvalue weighted by atomic mass is 10.3. The van der Waals surface area contributed by atoms with Crippen molar-refractivity contribution in [2.75, 3.05) is 6.54 Å². The van der Waals surface area contributed by atoms with Crippen molar-refractivity contribution in [2.24, 2.45) is 0 Å². The number of alkyl halides is 2. The molecule has 7 nitrogen and oxygen atoms in total. The standard InChI is InChI=1S/C9H9ClF2N2O5S/c10-6-2-1-5(14(16)17)3-8(6)20(18,19)13-4-7(15)9(11)12/h1-3,7,9,13,15H,4H2. The van der Waals surface area contributed by atoms with Crippen LogP contribution in [0.15, 0.2) is 23.1 Å². The summed E-state index contributed by atoms with van der Waals surface area (Å²) in [6.45, 7) is -0.945. The van der Waals surface area contributed by atoms with Crippen LogP contribution in [-0.4, -0.2) is 37.5 Å². The molecule has 1 rings (SSSR count). The van der Waals surface area contributed by atoms with E-state index in [1.165, 1.54) is 0 Å². The van der Waals surface area contributed by atoms with Gasteiger partial charge in [0.1, 0.15) is 11.0 Å². The number of aliphatic hydroxyl groups is 1. The van der Waals surface area contributed by atoms with Gasteiger partial charge in [0.15, 0.2) is 0 Å². The summed E-state index contributed by atoms with van der Waals surface area (Å²) >= 11 is 5.61. The summed E-state index contributed by atoms with van der Waals surface area (Å²) in [5.41, 5.74) is -0.524. The average Bonchev–Trinajstić information content (AvgIpc) is 2.35. The van der Waals surface area contributed by atoms with Gasteiger partial charge < -0.3 is 5.11 Å². The highest BCUT2D eigenvalue weighted by atomic mass is 35.5. The monoisotopic (exact) mass is 330 g/mol. The Balaban J connectivity index is 3.03. The summed E-state index contributed by atoms with van der Waals surface area (Å²) in [7, 11) is -4.36. The third-order valence-electron chi connectivity index (χ3n) is 2.19. The van der Waals surface area contributed by atoms with Gasteiger partial charge in [-0.2, -0.15) is 0 Å². The minimum Gasteiger partial charge on any atom is -0.386 e. The Bertz CT molecular complexity index is 610. The Morgan fingerprint density at radius 3 is 2.55 bits per heavy atom. The van der Waals surface area contributed by atoms with Gasteiger partial charge in [-0.3, -0.25) is 10.1 Å². The lowest BCUT2D eigenvalue weighted by molar-refractivity contribution is -0.385. The lowest BCUT2D eigenvalue weighted by Gasteiger charge is -2.12. The average molecular weight is 331 g/mol. The highest BCUT2D eigenvalue weighted by Crippen LogP contribution is 2.25. The fourth-order valence-corrected chi connectivity index (χ4v) is 2.74. The molecule has 2 N–H and O–H groups in total. The number of benzene rings is 1. The van der Waals surface area contributed by atoms with E-state index in [0.29, 0.717) is 6.07 Å². The van der Waals surface area contributed by atoms with Gasteiger partial charge in [0.25, 0.3) is 12.1 Å². The molecule has 0 radical (unpaired) electrons. The summed E-state index contributed by atoms with van der Waals surface area (Å²) in [6.07, 6.45) is -5.32. The maximum Gasteiger partial charge on any atom is 0.270 e. The molecule has 0 fully saturated rings. The minimum atomic E-state index is -4.36. The zero-order chi connectivity index (χ0) is 15.5. The number of sulfonamides is 1. The number of hydrogen-bond donors (Lipinski definition) is 2. The fourth-order valence-electron chi connectivity index (χ4n) is 1.17. The Hall–Kier alpha value is -1.36. The molecule has 0 aliphatic heterocycles. The molecular weight excluding hydrogens is 322 g/mol. The van der Waals surface area contributed by atoms with Crippen molar-refractivity contribution in [3.05, 3.63) is 33.3 Å². The molecule has 11 heteroatoms. The third-order valence-corrected chi connectivity index (χ3v) is 4.09. The molecule has 0 saturated heterocycles. The number of aliphatic hydroxyl groups excluding tert-OH is 1. The summed E-state index contributed by atoms with van der Waals surface area (Å²) < 4.78 is 49.4. The van der Waals surface area contributed by atoms with E-state index in [1.54, 1.807) is 4.72 Å². The van der Waals surface area contributed by atoms with Crippen LogP contribution in [-0.2, 0) is 10.0 Å². The van der Waals surface area contributed by atoms with E-state index in [-0.39, 0.29) is 5.02 Å². The summed E-state index contributed by atoms with van der Waals surface area (Å²) in [4.78, 5) is 9.10. The smallest absolute Gasteiger partial charge is 0.270 e. The molecule has 112 valence electrons. The number of nitro benzene ring substituents is 1. The first-order valence-corrected chi connectivity index (χ1v) is 6.91. The third kappa shape index (κ3) is 4.07. The predicted molar refractivity (Wildman–Crippen MR) is 65.3 cm³/mol. The SMILES string of the molecule is O=[N+]([O-])c1ccc(Cl)c(S(=O)(=O)NCC(O)C(F)F)c1. The van der Waals surface area contributed by atoms with E-state index in [4.69, 9.17) is 16.7 Å². The number of nitro groups is 1. The van der Waals surface area contributed by atoms with E-state index in [2.05, 4.69) is 0 Å². The van der Waals surface area contributed by atoms with Gasteiger partial charge in [0.05, 0.1) is 9.95 Å². The van der Waals surface area contributed by atoms with Gasteiger partial charge in [-0.15, -0.1) is 0 Å². The van der Waals surface area contributed by atoms with Crippen LogP contribution in [0.3, 0.4) is 0 Å². The summed E-state index contributed by atoms with van der Waals surface area (Å²) in [5.74, 6) is 0. The largest absolute Gasteiger partial charge is 0.386 e. The van der Waals surface area contributed by atoms with Crippen LogP contribution in [0.2, 0.25) is 5.02 Å². The van der Waals surface area contributed by atoms with Crippen molar-refractivity contribution < 1.29 is 27.2 Å². The molecule has 1 atom stereocenters. The molecule has 0 aromatic heterocycles. The topological polar surface area (TPSA) is 110 Å². The number of nitrogens with zero attached hydrogens (tertiary/aromatic N) is 1. The van der Waals surface area contributed by atoms with Gasteiger partial charge in [0, 0.05) is 18.7 Å². The van der Waals surface area contributed by atoms with Crippen LogP contribution < -0.4 is 4.72 Å². The molecule has 0 heterocycles. The first-order valence-electron chi connectivity index (χ1n) is 5.05. The normalized spacial score (nSPS) is 13.4. The van der Waals surface area contributed by atoms with Crippen molar-refractivity contribution >= 4 is 27.3 Å². The second kappa shape index (κ2) is 6.39. The molecular formula is C9H9ClF2N2O5S. The molecule has 1 aromatic carbocycles. The van der Waals surface area contributed by atoms with E-state index in [9.17, 15) is 27.3 Å². The first kappa shape index (κ1) is 16.7. The van der Waals surface area contributed by atoms with Crippen LogP contribution in [0.1, 0.15) is 0 Å². The van der Waals surface area contributed by atoms with Crippen molar-refractivity contribution in [1.82, 2.24) is 4.72 Å². The fraction of sp³-hybridized carbons (Fsp3) is 0.333. The van der Waals surface area contributed by atoms with Crippen molar-refractivity contribution in [2.45, 2.75) is 17.4 Å². The first-order chi connectivity index (χ1) is 9.15. The number of halogens is 3. The number of nitrogens with one attached hydrogen (secondary N) is 1. The quantitative estimate of drug-likeness (QED) is 0.600. The van der Waals surface area contributed by atoms with Gasteiger partial charge in [-0.25, -0.2) is 21.9 Å². The number of non-ortho nitro benzene ring substituents is 1. The van der Waals surface area contributed by atoms with Crippen LogP contribution in [0.4, 0.5) is 14.5 Å². The number of rotatable bonds is 6. The zero-order valence-corrected chi connectivity index (χ0v) is 11.2. The lowest BCUT2D eigenvalue weighted by Crippen LogP contribution is -2.35. The molecule has 0 aliphatic rings. The van der Waals surface area contributed by atoms with Crippen LogP contribution in [0.25, 0.3) is 0 Å². The van der Waals surface area contributed by atoms with Gasteiger partial charge in [-0.05, 0) is 6.07 Å². The van der Waals surface area contributed by atoms with E-state index >= 15 is 0 Å². The van der Waals surface area contributed by atoms with E-state index in [1.807, 2.05) is 0 Å². The Morgan fingerprint density at radius 2 is 2.05 bits per heavy atom. The van der Waals surface area contributed by atoms with Crippen molar-refractivity contribution in [3.63, 3.8) is 0 Å². The van der Waals surface area contributed by atoms with Crippen LogP contribution in [0, 0.1) is 10.1 Å². The molecule has 0 bridgehead atoms. The molecule has 0 saturated carbocycles. The molecule has 0 spiro atoms. The highest BCUT2D eigenvalue weighted by molar-refractivity contribution is 7.89. The summed E-state index contributed by atoms with van der Waals surface area (Å²) in [6, 6.07) is 2.69. The Morgan fingerprint density at radius 1 is 1.45 bits per heavy atom. The Kier molecular flexibility index (Phi) is 5.34. The minimum absolute atomic E-state index is 0.311. The van der Waals surface area contributed by atoms with Gasteiger partial charge >= 0.3 is 0 Å². The van der Waals surface area contributed by atoms with E-state index in [0.717, 1.165) is 12.1 Å². The Labute approximate surface area is 117 Å². The highest BCUT2D eigenvalue weighted by Gasteiger charge is 2.24. The molecule has 1 unspecified atom stereocenters. The molecule has 0 amide bonds. The van der Waals surface area contributed by atoms with Gasteiger partial charge in [0.2, 0.25) is 10.0 Å². The van der Waals surface area contributed by atoms with Gasteiger partial charge in [-0.1, -0.05) is 11.6 Å². The second-order valence-corrected chi connectivity index (χ2v) is 5.77. The number of hydrogen-bond acceptors (Lipinski definition) is 5. The predicted octanol–water partition coefficient (Wildman–Crippen LogP) is 1.15. The zero-order valence-electron chi connectivity index (χ0n) is 9.66. The van der Waals surface area contributed by atoms with Crippen molar-refractivity contribution in [3.8, 4) is 0 Å².